The summed E-state index contributed by atoms with van der Waals surface area (Å²) in [5.41, 5.74) is 0.204. The number of carbonyl (C=O) groups is 1. The number of rotatable bonds is 3. The van der Waals surface area contributed by atoms with Crippen molar-refractivity contribution in [2.24, 2.45) is 0 Å². The van der Waals surface area contributed by atoms with Crippen LogP contribution in [0.4, 0.5) is 0 Å². The van der Waals surface area contributed by atoms with Crippen molar-refractivity contribution in [2.75, 3.05) is 0 Å². The monoisotopic (exact) mass is 240 g/mol. The minimum atomic E-state index is -0.906. The van der Waals surface area contributed by atoms with Gasteiger partial charge in [-0.25, -0.2) is 0 Å². The Bertz CT molecular complexity index is 404. The highest BCUT2D eigenvalue weighted by molar-refractivity contribution is 5.92. The van der Waals surface area contributed by atoms with E-state index in [-0.39, 0.29) is 11.6 Å². The highest BCUT2D eigenvalue weighted by atomic mass is 16.5. The van der Waals surface area contributed by atoms with E-state index in [4.69, 9.17) is 4.52 Å². The van der Waals surface area contributed by atoms with Crippen molar-refractivity contribution in [3.8, 4) is 0 Å². The van der Waals surface area contributed by atoms with E-state index in [2.05, 4.69) is 10.5 Å². The normalized spacial score (nSPS) is 28.3. The summed E-state index contributed by atoms with van der Waals surface area (Å²) in [6.07, 6.45) is 0.0586. The van der Waals surface area contributed by atoms with Gasteiger partial charge < -0.3 is 20.1 Å². The molecule has 1 aliphatic rings. The van der Waals surface area contributed by atoms with Crippen LogP contribution in [0.25, 0.3) is 0 Å². The maximum Gasteiger partial charge on any atom is 0.273 e. The van der Waals surface area contributed by atoms with E-state index < -0.39 is 18.2 Å². The van der Waals surface area contributed by atoms with Crippen LogP contribution in [0.3, 0.4) is 0 Å². The molecule has 1 aromatic heterocycles. The molecule has 6 nitrogen and oxygen atoms in total. The number of nitrogens with zero attached hydrogens (tertiary/aromatic N) is 1. The third-order valence-corrected chi connectivity index (χ3v) is 3.04. The van der Waals surface area contributed by atoms with Gasteiger partial charge in [-0.15, -0.1) is 0 Å². The number of aliphatic hydroxyl groups is 2. The Hall–Kier alpha value is -1.40. The summed E-state index contributed by atoms with van der Waals surface area (Å²) >= 11 is 0. The summed E-state index contributed by atoms with van der Waals surface area (Å²) in [4.78, 5) is 11.8. The van der Waals surface area contributed by atoms with Crippen molar-refractivity contribution in [3.05, 3.63) is 17.5 Å². The van der Waals surface area contributed by atoms with Gasteiger partial charge in [-0.05, 0) is 12.8 Å². The summed E-state index contributed by atoms with van der Waals surface area (Å²) in [6.45, 7) is 1.90. The molecule has 17 heavy (non-hydrogen) atoms. The number of hydrogen-bond donors (Lipinski definition) is 3. The molecular formula is C11H16N2O4. The molecule has 94 valence electrons. The van der Waals surface area contributed by atoms with Gasteiger partial charge in [0.1, 0.15) is 11.9 Å². The third kappa shape index (κ3) is 2.48. The minimum Gasteiger partial charge on any atom is -0.390 e. The Balaban J connectivity index is 1.97. The number of hydrogen-bond acceptors (Lipinski definition) is 5. The maximum atomic E-state index is 11.8. The molecular weight excluding hydrogens is 224 g/mol. The molecule has 1 amide bonds. The molecule has 1 aliphatic carbocycles. The second-order valence-corrected chi connectivity index (χ2v) is 4.25. The second-order valence-electron chi connectivity index (χ2n) is 4.25. The van der Waals surface area contributed by atoms with Crippen molar-refractivity contribution in [1.29, 1.82) is 0 Å². The SMILES string of the molecule is CCc1cc(C(=O)N[C@@H]2CC[C@@H](O)[C@@H]2O)no1. The molecule has 0 radical (unpaired) electrons. The Morgan fingerprint density at radius 1 is 1.59 bits per heavy atom. The second kappa shape index (κ2) is 4.85. The van der Waals surface area contributed by atoms with E-state index in [1.165, 1.54) is 0 Å². The molecule has 1 saturated carbocycles. The van der Waals surface area contributed by atoms with Gasteiger partial charge in [0.25, 0.3) is 5.91 Å². The largest absolute Gasteiger partial charge is 0.390 e. The standard InChI is InChI=1S/C11H16N2O4/c1-2-6-5-8(13-17-6)11(16)12-7-3-4-9(14)10(7)15/h5,7,9-10,14-15H,2-4H2,1H3,(H,12,16)/t7-,9-,10-/m1/s1. The van der Waals surface area contributed by atoms with Crippen LogP contribution in [0, 0.1) is 0 Å². The zero-order valence-electron chi connectivity index (χ0n) is 9.59. The number of aromatic nitrogens is 1. The van der Waals surface area contributed by atoms with Gasteiger partial charge in [-0.1, -0.05) is 12.1 Å². The van der Waals surface area contributed by atoms with Crippen LogP contribution in [0.1, 0.15) is 36.0 Å². The molecule has 3 N–H and O–H groups in total. The molecule has 0 aliphatic heterocycles. The molecule has 3 atom stereocenters. The molecule has 0 unspecified atom stereocenters. The Kier molecular flexibility index (Phi) is 3.44. The Labute approximate surface area is 98.6 Å². The first-order chi connectivity index (χ1) is 8.11. The first-order valence-electron chi connectivity index (χ1n) is 5.74. The van der Waals surface area contributed by atoms with Gasteiger partial charge in [-0.3, -0.25) is 4.79 Å². The summed E-state index contributed by atoms with van der Waals surface area (Å²) in [5, 5.41) is 25.2. The van der Waals surface area contributed by atoms with E-state index in [1.807, 2.05) is 6.92 Å². The van der Waals surface area contributed by atoms with E-state index in [1.54, 1.807) is 6.07 Å². The van der Waals surface area contributed by atoms with Crippen molar-refractivity contribution in [3.63, 3.8) is 0 Å². The van der Waals surface area contributed by atoms with E-state index >= 15 is 0 Å². The number of aryl methyl sites for hydroxylation is 1. The molecule has 2 rings (SSSR count). The Morgan fingerprint density at radius 2 is 2.35 bits per heavy atom. The molecule has 1 fully saturated rings. The fraction of sp³-hybridized carbons (Fsp3) is 0.636. The summed E-state index contributed by atoms with van der Waals surface area (Å²) in [7, 11) is 0. The number of aliphatic hydroxyl groups excluding tert-OH is 2. The predicted octanol–water partition coefficient (Wildman–Crippen LogP) is -0.149. The fourth-order valence-corrected chi connectivity index (χ4v) is 1.95. The van der Waals surface area contributed by atoms with E-state index in [9.17, 15) is 15.0 Å². The average molecular weight is 240 g/mol. The lowest BCUT2D eigenvalue weighted by Crippen LogP contribution is -2.43. The zero-order chi connectivity index (χ0) is 12.4. The van der Waals surface area contributed by atoms with Crippen molar-refractivity contribution < 1.29 is 19.5 Å². The molecule has 0 saturated heterocycles. The highest BCUT2D eigenvalue weighted by Gasteiger charge is 2.34. The summed E-state index contributed by atoms with van der Waals surface area (Å²) in [5.74, 6) is 0.258. The quantitative estimate of drug-likeness (QED) is 0.683. The summed E-state index contributed by atoms with van der Waals surface area (Å²) in [6, 6.07) is 1.16. The number of nitrogens with one attached hydrogen (secondary N) is 1. The molecule has 0 aromatic carbocycles. The van der Waals surface area contributed by atoms with Gasteiger partial charge in [0.15, 0.2) is 5.69 Å². The molecule has 1 aromatic rings. The van der Waals surface area contributed by atoms with Crippen LogP contribution in [0.5, 0.6) is 0 Å². The topological polar surface area (TPSA) is 95.6 Å². The smallest absolute Gasteiger partial charge is 0.273 e. The zero-order valence-corrected chi connectivity index (χ0v) is 9.59. The van der Waals surface area contributed by atoms with Gasteiger partial charge in [0.05, 0.1) is 12.1 Å². The van der Waals surface area contributed by atoms with Gasteiger partial charge in [0, 0.05) is 12.5 Å². The van der Waals surface area contributed by atoms with E-state index in [0.29, 0.717) is 25.0 Å². The van der Waals surface area contributed by atoms with Crippen LogP contribution >= 0.6 is 0 Å². The number of carbonyl (C=O) groups excluding carboxylic acids is 1. The van der Waals surface area contributed by atoms with Gasteiger partial charge in [-0.2, -0.15) is 0 Å². The first kappa shape index (κ1) is 12.1. The summed E-state index contributed by atoms with van der Waals surface area (Å²) < 4.78 is 4.92. The van der Waals surface area contributed by atoms with Crippen LogP contribution < -0.4 is 5.32 Å². The van der Waals surface area contributed by atoms with Crippen LogP contribution in [-0.4, -0.2) is 39.5 Å². The number of amides is 1. The first-order valence-corrected chi connectivity index (χ1v) is 5.74. The van der Waals surface area contributed by atoms with Gasteiger partial charge >= 0.3 is 0 Å². The van der Waals surface area contributed by atoms with Crippen LogP contribution in [-0.2, 0) is 6.42 Å². The molecule has 6 heteroatoms. The highest BCUT2D eigenvalue weighted by Crippen LogP contribution is 2.20. The lowest BCUT2D eigenvalue weighted by molar-refractivity contribution is 0.0295. The fourth-order valence-electron chi connectivity index (χ4n) is 1.95. The lowest BCUT2D eigenvalue weighted by atomic mass is 10.2. The van der Waals surface area contributed by atoms with Gasteiger partial charge in [0.2, 0.25) is 0 Å². The van der Waals surface area contributed by atoms with Crippen LogP contribution in [0.2, 0.25) is 0 Å². The average Bonchev–Trinajstić information content (AvgIpc) is 2.91. The Morgan fingerprint density at radius 3 is 2.88 bits per heavy atom. The van der Waals surface area contributed by atoms with Crippen molar-refractivity contribution >= 4 is 5.91 Å². The predicted molar refractivity (Wildman–Crippen MR) is 58.4 cm³/mol. The van der Waals surface area contributed by atoms with Crippen molar-refractivity contribution in [1.82, 2.24) is 10.5 Å². The van der Waals surface area contributed by atoms with E-state index in [0.717, 1.165) is 0 Å². The van der Waals surface area contributed by atoms with Crippen LogP contribution in [0.15, 0.2) is 10.6 Å². The van der Waals surface area contributed by atoms with Crippen molar-refractivity contribution in [2.45, 2.75) is 44.4 Å². The molecule has 1 heterocycles. The molecule has 0 spiro atoms. The maximum absolute atomic E-state index is 11.8. The third-order valence-electron chi connectivity index (χ3n) is 3.04. The minimum absolute atomic E-state index is 0.204. The lowest BCUT2D eigenvalue weighted by Gasteiger charge is -2.16. The molecule has 0 bridgehead atoms.